The summed E-state index contributed by atoms with van der Waals surface area (Å²) in [6, 6.07) is 8.37. The predicted octanol–water partition coefficient (Wildman–Crippen LogP) is 2.94. The number of anilines is 2. The van der Waals surface area contributed by atoms with Gasteiger partial charge in [0, 0.05) is 43.5 Å². The molecule has 25 heavy (non-hydrogen) atoms. The summed E-state index contributed by atoms with van der Waals surface area (Å²) in [4.78, 5) is 28.8. The Bertz CT molecular complexity index is 608. The average molecular weight is 343 g/mol. The van der Waals surface area contributed by atoms with Crippen molar-refractivity contribution in [1.29, 1.82) is 0 Å². The maximum atomic E-state index is 12.4. The van der Waals surface area contributed by atoms with Crippen molar-refractivity contribution in [2.75, 3.05) is 29.4 Å². The van der Waals surface area contributed by atoms with Crippen molar-refractivity contribution >= 4 is 23.2 Å². The van der Waals surface area contributed by atoms with E-state index in [1.807, 2.05) is 26.0 Å². The molecule has 2 fully saturated rings. The first kappa shape index (κ1) is 17.8. The Kier molecular flexibility index (Phi) is 5.61. The molecule has 2 heterocycles. The average Bonchev–Trinajstić information content (AvgIpc) is 3.04. The fraction of sp³-hybridized carbons (Fsp3) is 0.600. The highest BCUT2D eigenvalue weighted by molar-refractivity contribution is 6.00. The molecule has 0 aliphatic carbocycles. The highest BCUT2D eigenvalue weighted by Crippen LogP contribution is 2.28. The maximum absolute atomic E-state index is 12.4. The van der Waals surface area contributed by atoms with E-state index in [0.29, 0.717) is 13.0 Å². The van der Waals surface area contributed by atoms with Crippen LogP contribution in [0.1, 0.15) is 46.0 Å². The lowest BCUT2D eigenvalue weighted by Crippen LogP contribution is -2.38. The minimum atomic E-state index is -0.247. The van der Waals surface area contributed by atoms with E-state index >= 15 is 0 Å². The number of carbonyl (C=O) groups is 2. The molecule has 2 aliphatic heterocycles. The molecule has 1 aromatic carbocycles. The number of nitrogens with one attached hydrogen (secondary N) is 1. The second kappa shape index (κ2) is 7.89. The summed E-state index contributed by atoms with van der Waals surface area (Å²) in [7, 11) is 0. The Morgan fingerprint density at radius 3 is 2.44 bits per heavy atom. The van der Waals surface area contributed by atoms with Crippen molar-refractivity contribution in [3.05, 3.63) is 24.3 Å². The van der Waals surface area contributed by atoms with Crippen molar-refractivity contribution in [3.8, 4) is 0 Å². The van der Waals surface area contributed by atoms with Gasteiger partial charge in [-0.1, -0.05) is 6.92 Å². The van der Waals surface area contributed by atoms with E-state index in [1.165, 1.54) is 24.9 Å². The van der Waals surface area contributed by atoms with Gasteiger partial charge in [0.15, 0.2) is 0 Å². The first-order chi connectivity index (χ1) is 12.1. The van der Waals surface area contributed by atoms with E-state index in [2.05, 4.69) is 22.3 Å². The minimum absolute atomic E-state index is 0.00450. The van der Waals surface area contributed by atoms with Gasteiger partial charge in [-0.15, -0.1) is 0 Å². The van der Waals surface area contributed by atoms with Crippen molar-refractivity contribution in [2.24, 2.45) is 5.92 Å². The lowest BCUT2D eigenvalue weighted by Gasteiger charge is -2.29. The Morgan fingerprint density at radius 1 is 1.16 bits per heavy atom. The fourth-order valence-electron chi connectivity index (χ4n) is 3.59. The van der Waals surface area contributed by atoms with Crippen LogP contribution in [0, 0.1) is 5.92 Å². The van der Waals surface area contributed by atoms with E-state index in [9.17, 15) is 9.59 Å². The number of hydrogen-bond donors (Lipinski definition) is 1. The fourth-order valence-corrected chi connectivity index (χ4v) is 3.59. The zero-order valence-electron chi connectivity index (χ0n) is 15.3. The van der Waals surface area contributed by atoms with Gasteiger partial charge in [-0.2, -0.15) is 0 Å². The third-order valence-electron chi connectivity index (χ3n) is 5.38. The third-order valence-corrected chi connectivity index (χ3v) is 5.38. The largest absolute Gasteiger partial charge is 0.372 e. The van der Waals surface area contributed by atoms with Gasteiger partial charge in [-0.3, -0.25) is 9.59 Å². The van der Waals surface area contributed by atoms with Crippen LogP contribution in [0.15, 0.2) is 24.3 Å². The van der Waals surface area contributed by atoms with E-state index in [-0.39, 0.29) is 23.8 Å². The van der Waals surface area contributed by atoms with E-state index in [0.717, 1.165) is 25.2 Å². The molecule has 1 N–H and O–H groups in total. The standard InChI is InChI=1S/C20H29N3O2/c1-3-15(2)21-20(25)16-13-19(24)23(14-16)18-9-7-17(8-10-18)22-11-5-4-6-12-22/h7-10,15-16H,3-6,11-14H2,1-2H3,(H,21,25). The van der Waals surface area contributed by atoms with Crippen LogP contribution in [0.5, 0.6) is 0 Å². The third kappa shape index (κ3) is 4.14. The molecule has 0 spiro atoms. The molecule has 3 rings (SSSR count). The number of hydrogen-bond acceptors (Lipinski definition) is 3. The summed E-state index contributed by atoms with van der Waals surface area (Å²) in [5.74, 6) is -0.214. The van der Waals surface area contributed by atoms with Crippen LogP contribution in [0.2, 0.25) is 0 Å². The van der Waals surface area contributed by atoms with E-state index < -0.39 is 0 Å². The Balaban J connectivity index is 1.63. The number of carbonyl (C=O) groups excluding carboxylic acids is 2. The molecule has 0 aromatic heterocycles. The van der Waals surface area contributed by atoms with Gasteiger partial charge in [0.1, 0.15) is 0 Å². The molecule has 5 nitrogen and oxygen atoms in total. The lowest BCUT2D eigenvalue weighted by molar-refractivity contribution is -0.126. The molecule has 0 radical (unpaired) electrons. The smallest absolute Gasteiger partial charge is 0.227 e. The summed E-state index contributed by atoms with van der Waals surface area (Å²) < 4.78 is 0. The number of benzene rings is 1. The lowest BCUT2D eigenvalue weighted by atomic mass is 10.1. The molecule has 5 heteroatoms. The van der Waals surface area contributed by atoms with Gasteiger partial charge in [-0.05, 0) is 56.9 Å². The number of amides is 2. The number of rotatable bonds is 5. The summed E-state index contributed by atoms with van der Waals surface area (Å²) in [5, 5.41) is 2.99. The second-order valence-corrected chi connectivity index (χ2v) is 7.29. The number of piperidine rings is 1. The van der Waals surface area contributed by atoms with Crippen LogP contribution < -0.4 is 15.1 Å². The molecule has 0 saturated carbocycles. The maximum Gasteiger partial charge on any atom is 0.227 e. The number of nitrogens with zero attached hydrogens (tertiary/aromatic N) is 2. The van der Waals surface area contributed by atoms with Gasteiger partial charge < -0.3 is 15.1 Å². The monoisotopic (exact) mass is 343 g/mol. The molecule has 2 aliphatic rings. The van der Waals surface area contributed by atoms with Crippen molar-refractivity contribution in [2.45, 2.75) is 52.0 Å². The predicted molar refractivity (Wildman–Crippen MR) is 101 cm³/mol. The molecule has 2 atom stereocenters. The Hall–Kier alpha value is -2.04. The Morgan fingerprint density at radius 2 is 1.80 bits per heavy atom. The van der Waals surface area contributed by atoms with Crippen molar-refractivity contribution < 1.29 is 9.59 Å². The molecule has 1 aromatic rings. The van der Waals surface area contributed by atoms with Crippen molar-refractivity contribution in [3.63, 3.8) is 0 Å². The quantitative estimate of drug-likeness (QED) is 0.894. The van der Waals surface area contributed by atoms with Crippen LogP contribution in [-0.2, 0) is 9.59 Å². The molecule has 2 unspecified atom stereocenters. The van der Waals surface area contributed by atoms with Crippen LogP contribution >= 0.6 is 0 Å². The highest BCUT2D eigenvalue weighted by Gasteiger charge is 2.35. The zero-order chi connectivity index (χ0) is 17.8. The molecular weight excluding hydrogens is 314 g/mol. The summed E-state index contributed by atoms with van der Waals surface area (Å²) in [6.45, 7) is 6.73. The van der Waals surface area contributed by atoms with Crippen LogP contribution in [0.3, 0.4) is 0 Å². The van der Waals surface area contributed by atoms with E-state index in [4.69, 9.17) is 0 Å². The van der Waals surface area contributed by atoms with Crippen LogP contribution in [0.25, 0.3) is 0 Å². The molecule has 136 valence electrons. The topological polar surface area (TPSA) is 52.7 Å². The van der Waals surface area contributed by atoms with E-state index in [1.54, 1.807) is 4.90 Å². The molecular formula is C20H29N3O2. The Labute approximate surface area is 150 Å². The molecule has 0 bridgehead atoms. The van der Waals surface area contributed by atoms with Gasteiger partial charge in [-0.25, -0.2) is 0 Å². The summed E-state index contributed by atoms with van der Waals surface area (Å²) >= 11 is 0. The second-order valence-electron chi connectivity index (χ2n) is 7.29. The van der Waals surface area contributed by atoms with Crippen LogP contribution in [0.4, 0.5) is 11.4 Å². The van der Waals surface area contributed by atoms with Crippen molar-refractivity contribution in [1.82, 2.24) is 5.32 Å². The summed E-state index contributed by atoms with van der Waals surface area (Å²) in [5.41, 5.74) is 2.12. The molecule has 2 amide bonds. The normalized spacial score (nSPS) is 22.2. The van der Waals surface area contributed by atoms with Crippen LogP contribution in [-0.4, -0.2) is 37.5 Å². The zero-order valence-corrected chi connectivity index (χ0v) is 15.3. The van der Waals surface area contributed by atoms with Gasteiger partial charge in [0.25, 0.3) is 0 Å². The minimum Gasteiger partial charge on any atom is -0.372 e. The van der Waals surface area contributed by atoms with Gasteiger partial charge >= 0.3 is 0 Å². The van der Waals surface area contributed by atoms with Gasteiger partial charge in [0.05, 0.1) is 5.92 Å². The summed E-state index contributed by atoms with van der Waals surface area (Å²) in [6.07, 6.45) is 5.01. The highest BCUT2D eigenvalue weighted by atomic mass is 16.2. The molecule has 2 saturated heterocycles. The first-order valence-corrected chi connectivity index (χ1v) is 9.54. The first-order valence-electron chi connectivity index (χ1n) is 9.54. The SMILES string of the molecule is CCC(C)NC(=O)C1CC(=O)N(c2ccc(N3CCCCC3)cc2)C1. The van der Waals surface area contributed by atoms with Gasteiger partial charge in [0.2, 0.25) is 11.8 Å².